The van der Waals surface area contributed by atoms with E-state index >= 15 is 0 Å². The minimum absolute atomic E-state index is 0.0560. The molecule has 2 aliphatic heterocycles. The van der Waals surface area contributed by atoms with E-state index in [4.69, 9.17) is 0 Å². The Morgan fingerprint density at radius 1 is 1.27 bits per heavy atom. The van der Waals surface area contributed by atoms with Gasteiger partial charge in [0.15, 0.2) is 9.84 Å². The van der Waals surface area contributed by atoms with Crippen molar-refractivity contribution in [3.8, 4) is 0 Å². The standard InChI is InChI=1S/C16H22N4O5S/c1-18-5-7-19(8-6-18)14-3-2-12(10-15(14)20(22)23)16(21)17-13-4-9-26(24,25)11-13/h2-3,10,13H,4-9,11H2,1H3,(H,17,21)/t13-/m1/s1. The first-order valence-corrected chi connectivity index (χ1v) is 10.3. The van der Waals surface area contributed by atoms with Crippen molar-refractivity contribution in [3.63, 3.8) is 0 Å². The Kier molecular flexibility index (Phi) is 5.15. The van der Waals surface area contributed by atoms with E-state index < -0.39 is 26.7 Å². The summed E-state index contributed by atoms with van der Waals surface area (Å²) in [5.74, 6) is -0.513. The van der Waals surface area contributed by atoms with Crippen molar-refractivity contribution < 1.29 is 18.1 Å². The van der Waals surface area contributed by atoms with Gasteiger partial charge in [-0.3, -0.25) is 14.9 Å². The molecule has 9 nitrogen and oxygen atoms in total. The number of anilines is 1. The Bertz CT molecular complexity index is 818. The molecule has 1 atom stereocenters. The number of carbonyl (C=O) groups excluding carboxylic acids is 1. The van der Waals surface area contributed by atoms with E-state index in [2.05, 4.69) is 10.2 Å². The average molecular weight is 382 g/mol. The second kappa shape index (κ2) is 7.20. The van der Waals surface area contributed by atoms with Crippen LogP contribution < -0.4 is 10.2 Å². The fourth-order valence-corrected chi connectivity index (χ4v) is 4.98. The Labute approximate surface area is 152 Å². The largest absolute Gasteiger partial charge is 0.363 e. The number of nitro groups is 1. The first kappa shape index (κ1) is 18.6. The number of nitrogens with one attached hydrogen (secondary N) is 1. The van der Waals surface area contributed by atoms with Crippen LogP contribution in [0.15, 0.2) is 18.2 Å². The van der Waals surface area contributed by atoms with Crippen LogP contribution >= 0.6 is 0 Å². The number of nitrogens with zero attached hydrogens (tertiary/aromatic N) is 3. The Morgan fingerprint density at radius 3 is 2.54 bits per heavy atom. The zero-order valence-electron chi connectivity index (χ0n) is 14.6. The summed E-state index contributed by atoms with van der Waals surface area (Å²) >= 11 is 0. The maximum Gasteiger partial charge on any atom is 0.293 e. The van der Waals surface area contributed by atoms with Crippen LogP contribution in [0.1, 0.15) is 16.8 Å². The van der Waals surface area contributed by atoms with Gasteiger partial charge in [0.05, 0.1) is 16.4 Å². The Balaban J connectivity index is 1.77. The third kappa shape index (κ3) is 4.13. The molecule has 0 spiro atoms. The smallest absolute Gasteiger partial charge is 0.293 e. The van der Waals surface area contributed by atoms with Gasteiger partial charge in [0.25, 0.3) is 11.6 Å². The van der Waals surface area contributed by atoms with E-state index in [1.54, 1.807) is 12.1 Å². The monoisotopic (exact) mass is 382 g/mol. The second-order valence-electron chi connectivity index (χ2n) is 6.82. The molecule has 0 aliphatic carbocycles. The molecule has 2 aliphatic rings. The van der Waals surface area contributed by atoms with Crippen LogP contribution in [0.4, 0.5) is 11.4 Å². The van der Waals surface area contributed by atoms with Gasteiger partial charge in [0.2, 0.25) is 0 Å². The number of hydrogen-bond acceptors (Lipinski definition) is 7. The van der Waals surface area contributed by atoms with Gasteiger partial charge in [0, 0.05) is 43.9 Å². The summed E-state index contributed by atoms with van der Waals surface area (Å²) in [6.07, 6.45) is 0.371. The molecule has 0 radical (unpaired) electrons. The minimum atomic E-state index is -3.10. The van der Waals surface area contributed by atoms with Gasteiger partial charge >= 0.3 is 0 Å². The molecular weight excluding hydrogens is 360 g/mol. The summed E-state index contributed by atoms with van der Waals surface area (Å²) in [4.78, 5) is 27.5. The Morgan fingerprint density at radius 2 is 1.96 bits per heavy atom. The summed E-state index contributed by atoms with van der Waals surface area (Å²) in [7, 11) is -1.10. The van der Waals surface area contributed by atoms with Crippen LogP contribution in [0.3, 0.4) is 0 Å². The number of nitro benzene ring substituents is 1. The number of likely N-dealkylation sites (N-methyl/N-ethyl adjacent to an activating group) is 1. The lowest BCUT2D eigenvalue weighted by atomic mass is 10.1. The third-order valence-corrected chi connectivity index (χ3v) is 6.61. The van der Waals surface area contributed by atoms with Crippen LogP contribution in [0.2, 0.25) is 0 Å². The number of hydrogen-bond donors (Lipinski definition) is 1. The fourth-order valence-electron chi connectivity index (χ4n) is 3.30. The van der Waals surface area contributed by atoms with Crippen molar-refractivity contribution in [3.05, 3.63) is 33.9 Å². The first-order chi connectivity index (χ1) is 12.2. The molecule has 10 heteroatoms. The van der Waals surface area contributed by atoms with E-state index in [1.807, 2.05) is 11.9 Å². The molecule has 1 aromatic rings. The predicted molar refractivity (Wildman–Crippen MR) is 97.3 cm³/mol. The van der Waals surface area contributed by atoms with Gasteiger partial charge in [-0.15, -0.1) is 0 Å². The molecule has 3 rings (SSSR count). The van der Waals surface area contributed by atoms with Crippen molar-refractivity contribution in [1.82, 2.24) is 10.2 Å². The molecule has 2 heterocycles. The minimum Gasteiger partial charge on any atom is -0.363 e. The molecule has 2 saturated heterocycles. The molecule has 1 aromatic carbocycles. The molecule has 0 bridgehead atoms. The lowest BCUT2D eigenvalue weighted by Gasteiger charge is -2.33. The van der Waals surface area contributed by atoms with Gasteiger partial charge in [-0.2, -0.15) is 0 Å². The number of amides is 1. The molecular formula is C16H22N4O5S. The van der Waals surface area contributed by atoms with Crippen molar-refractivity contribution in [2.75, 3.05) is 49.6 Å². The first-order valence-electron chi connectivity index (χ1n) is 8.48. The van der Waals surface area contributed by atoms with Crippen molar-refractivity contribution in [2.45, 2.75) is 12.5 Å². The SMILES string of the molecule is CN1CCN(c2ccc(C(=O)N[C@@H]3CCS(=O)(=O)C3)cc2[N+](=O)[O-])CC1. The molecule has 142 valence electrons. The lowest BCUT2D eigenvalue weighted by molar-refractivity contribution is -0.384. The topological polar surface area (TPSA) is 113 Å². The number of sulfone groups is 1. The highest BCUT2D eigenvalue weighted by Crippen LogP contribution is 2.30. The maximum atomic E-state index is 12.4. The highest BCUT2D eigenvalue weighted by Gasteiger charge is 2.30. The summed E-state index contributed by atoms with van der Waals surface area (Å²) in [5, 5.41) is 14.2. The molecule has 1 amide bonds. The summed E-state index contributed by atoms with van der Waals surface area (Å²) < 4.78 is 23.0. The van der Waals surface area contributed by atoms with Crippen LogP contribution in [0.25, 0.3) is 0 Å². The quantitative estimate of drug-likeness (QED) is 0.587. The number of piperazine rings is 1. The molecule has 1 N–H and O–H groups in total. The van der Waals surface area contributed by atoms with Crippen LogP contribution in [-0.4, -0.2) is 74.9 Å². The molecule has 0 unspecified atom stereocenters. The number of benzene rings is 1. The van der Waals surface area contributed by atoms with E-state index in [1.165, 1.54) is 6.07 Å². The van der Waals surface area contributed by atoms with Gasteiger partial charge < -0.3 is 15.1 Å². The summed E-state index contributed by atoms with van der Waals surface area (Å²) in [6.45, 7) is 3.00. The molecule has 2 fully saturated rings. The van der Waals surface area contributed by atoms with Crippen molar-refractivity contribution >= 4 is 27.1 Å². The van der Waals surface area contributed by atoms with Crippen LogP contribution in [0.5, 0.6) is 0 Å². The molecule has 26 heavy (non-hydrogen) atoms. The Hall–Kier alpha value is -2.20. The number of carbonyl (C=O) groups is 1. The van der Waals surface area contributed by atoms with Crippen LogP contribution in [-0.2, 0) is 9.84 Å². The lowest BCUT2D eigenvalue weighted by Crippen LogP contribution is -2.44. The maximum absolute atomic E-state index is 12.4. The second-order valence-corrected chi connectivity index (χ2v) is 9.05. The van der Waals surface area contributed by atoms with E-state index in [0.717, 1.165) is 13.1 Å². The van der Waals surface area contributed by atoms with E-state index in [-0.39, 0.29) is 22.8 Å². The normalized spacial score (nSPS) is 23.0. The van der Waals surface area contributed by atoms with Gasteiger partial charge in [-0.05, 0) is 25.6 Å². The van der Waals surface area contributed by atoms with E-state index in [9.17, 15) is 23.3 Å². The summed E-state index contributed by atoms with van der Waals surface area (Å²) in [6, 6.07) is 3.99. The highest BCUT2D eigenvalue weighted by molar-refractivity contribution is 7.91. The van der Waals surface area contributed by atoms with E-state index in [0.29, 0.717) is 25.2 Å². The van der Waals surface area contributed by atoms with Crippen molar-refractivity contribution in [2.24, 2.45) is 0 Å². The molecule has 0 aromatic heterocycles. The molecule has 0 saturated carbocycles. The van der Waals surface area contributed by atoms with Crippen molar-refractivity contribution in [1.29, 1.82) is 0 Å². The average Bonchev–Trinajstić information content (AvgIpc) is 2.93. The fraction of sp³-hybridized carbons (Fsp3) is 0.562. The highest BCUT2D eigenvalue weighted by atomic mass is 32.2. The van der Waals surface area contributed by atoms with Gasteiger partial charge in [-0.1, -0.05) is 0 Å². The van der Waals surface area contributed by atoms with Gasteiger partial charge in [0.1, 0.15) is 5.69 Å². The number of rotatable bonds is 4. The van der Waals surface area contributed by atoms with Gasteiger partial charge in [-0.25, -0.2) is 8.42 Å². The predicted octanol–water partition coefficient (Wildman–Crippen LogP) is 0.264. The summed E-state index contributed by atoms with van der Waals surface area (Å²) in [5.41, 5.74) is 0.559. The zero-order valence-corrected chi connectivity index (χ0v) is 15.4. The van der Waals surface area contributed by atoms with Crippen LogP contribution in [0, 0.1) is 10.1 Å². The zero-order chi connectivity index (χ0) is 18.9. The third-order valence-electron chi connectivity index (χ3n) is 4.85.